The Labute approximate surface area is 165 Å². The Balaban J connectivity index is 1.33. The van der Waals surface area contributed by atoms with E-state index in [2.05, 4.69) is 20.3 Å². The normalized spacial score (nSPS) is 15.2. The van der Waals surface area contributed by atoms with E-state index in [-0.39, 0.29) is 12.0 Å². The Morgan fingerprint density at radius 3 is 2.96 bits per heavy atom. The second-order valence-electron chi connectivity index (χ2n) is 6.16. The van der Waals surface area contributed by atoms with Gasteiger partial charge in [-0.3, -0.25) is 4.79 Å². The largest absolute Gasteiger partial charge is 0.487 e. The van der Waals surface area contributed by atoms with Crippen molar-refractivity contribution >= 4 is 29.0 Å². The number of carbonyl (C=O) groups excluding carboxylic acids is 1. The van der Waals surface area contributed by atoms with Gasteiger partial charge in [0.15, 0.2) is 10.2 Å². The predicted octanol–water partition coefficient (Wildman–Crippen LogP) is 3.12. The molecule has 0 spiro atoms. The van der Waals surface area contributed by atoms with Crippen LogP contribution in [0.25, 0.3) is 11.4 Å². The van der Waals surface area contributed by atoms with E-state index < -0.39 is 0 Å². The molecule has 1 aromatic carbocycles. The van der Waals surface area contributed by atoms with Gasteiger partial charge in [-0.2, -0.15) is 0 Å². The van der Waals surface area contributed by atoms with E-state index in [1.807, 2.05) is 30.5 Å². The van der Waals surface area contributed by atoms with Gasteiger partial charge in [-0.05, 0) is 24.6 Å². The number of para-hydroxylation sites is 1. The molecular weight excluding hydrogens is 380 g/mol. The lowest BCUT2D eigenvalue weighted by molar-refractivity contribution is -0.118. The molecule has 0 fully saturated rings. The number of fused-ring (bicyclic) bond motifs is 1. The molecule has 0 aliphatic carbocycles. The van der Waals surface area contributed by atoms with Crippen LogP contribution in [0.3, 0.4) is 0 Å². The van der Waals surface area contributed by atoms with Crippen LogP contribution in [0.2, 0.25) is 0 Å². The number of aryl methyl sites for hydroxylation is 1. The minimum absolute atomic E-state index is 0.0148. The number of hydrogen-bond acceptors (Lipinski definition) is 7. The standard InChI is InChI=1S/C19H18N4O2S2/c1-12-10-26-19(23-12)27-11-16(24)22-9-14-8-13-4-2-5-15(17(13)25-14)18-20-6-3-7-21-18/h2-7,10,14H,8-9,11H2,1H3,(H,22,24)/t14-/m1/s1. The molecule has 0 radical (unpaired) electrons. The number of ether oxygens (including phenoxy) is 1. The zero-order valence-corrected chi connectivity index (χ0v) is 16.3. The number of benzene rings is 1. The lowest BCUT2D eigenvalue weighted by Crippen LogP contribution is -2.35. The molecular formula is C19H18N4O2S2. The Kier molecular flexibility index (Phi) is 5.35. The average molecular weight is 399 g/mol. The number of nitrogens with one attached hydrogen (secondary N) is 1. The van der Waals surface area contributed by atoms with E-state index in [9.17, 15) is 4.79 Å². The van der Waals surface area contributed by atoms with E-state index in [0.717, 1.165) is 33.3 Å². The summed E-state index contributed by atoms with van der Waals surface area (Å²) >= 11 is 3.02. The lowest BCUT2D eigenvalue weighted by atomic mass is 10.1. The van der Waals surface area contributed by atoms with Crippen LogP contribution in [0.1, 0.15) is 11.3 Å². The Morgan fingerprint density at radius 2 is 2.19 bits per heavy atom. The fraction of sp³-hybridized carbons (Fsp3) is 0.263. The number of nitrogens with zero attached hydrogens (tertiary/aromatic N) is 3. The first-order valence-corrected chi connectivity index (χ1v) is 10.4. The maximum atomic E-state index is 12.1. The van der Waals surface area contributed by atoms with Crippen LogP contribution < -0.4 is 10.1 Å². The van der Waals surface area contributed by atoms with Crippen LogP contribution in [-0.4, -0.2) is 39.3 Å². The van der Waals surface area contributed by atoms with Crippen molar-refractivity contribution in [3.63, 3.8) is 0 Å². The van der Waals surface area contributed by atoms with E-state index in [4.69, 9.17) is 4.74 Å². The van der Waals surface area contributed by atoms with Crippen molar-refractivity contribution in [3.8, 4) is 17.1 Å². The molecule has 0 saturated heterocycles. The number of carbonyl (C=O) groups is 1. The topological polar surface area (TPSA) is 77.0 Å². The summed E-state index contributed by atoms with van der Waals surface area (Å²) in [4.78, 5) is 25.1. The fourth-order valence-corrected chi connectivity index (χ4v) is 4.55. The zero-order valence-electron chi connectivity index (χ0n) is 14.7. The maximum Gasteiger partial charge on any atom is 0.230 e. The van der Waals surface area contributed by atoms with Crippen LogP contribution in [0.4, 0.5) is 0 Å². The van der Waals surface area contributed by atoms with Crippen LogP contribution in [-0.2, 0) is 11.2 Å². The van der Waals surface area contributed by atoms with Crippen molar-refractivity contribution in [2.75, 3.05) is 12.3 Å². The van der Waals surface area contributed by atoms with Gasteiger partial charge in [0.1, 0.15) is 11.9 Å². The summed E-state index contributed by atoms with van der Waals surface area (Å²) in [6.45, 7) is 2.42. The number of hydrogen-bond donors (Lipinski definition) is 1. The molecule has 0 saturated carbocycles. The summed E-state index contributed by atoms with van der Waals surface area (Å²) in [5, 5.41) is 4.94. The van der Waals surface area contributed by atoms with Crippen molar-refractivity contribution in [2.24, 2.45) is 0 Å². The number of aromatic nitrogens is 3. The second-order valence-corrected chi connectivity index (χ2v) is 8.24. The molecule has 4 rings (SSSR count). The highest BCUT2D eigenvalue weighted by Crippen LogP contribution is 2.37. The van der Waals surface area contributed by atoms with Crippen LogP contribution in [0.5, 0.6) is 5.75 Å². The van der Waals surface area contributed by atoms with Gasteiger partial charge in [0, 0.05) is 29.9 Å². The SMILES string of the molecule is Cc1csc(SCC(=O)NC[C@H]2Cc3cccc(-c4ncccn4)c3O2)n1. The summed E-state index contributed by atoms with van der Waals surface area (Å²) in [7, 11) is 0. The van der Waals surface area contributed by atoms with Crippen molar-refractivity contribution in [1.29, 1.82) is 0 Å². The quantitative estimate of drug-likeness (QED) is 0.643. The van der Waals surface area contributed by atoms with E-state index in [0.29, 0.717) is 18.1 Å². The molecule has 0 unspecified atom stereocenters. The number of thioether (sulfide) groups is 1. The third-order valence-electron chi connectivity index (χ3n) is 4.09. The van der Waals surface area contributed by atoms with Crippen molar-refractivity contribution in [1.82, 2.24) is 20.3 Å². The first kappa shape index (κ1) is 17.9. The van der Waals surface area contributed by atoms with Crippen LogP contribution in [0.15, 0.2) is 46.4 Å². The lowest BCUT2D eigenvalue weighted by Gasteiger charge is -2.13. The first-order chi connectivity index (χ1) is 13.2. The molecule has 1 atom stereocenters. The molecule has 3 heterocycles. The molecule has 8 heteroatoms. The third kappa shape index (κ3) is 4.28. The summed E-state index contributed by atoms with van der Waals surface area (Å²) in [5.74, 6) is 1.80. The minimum Gasteiger partial charge on any atom is -0.487 e. The van der Waals surface area contributed by atoms with E-state index in [1.54, 1.807) is 29.8 Å². The van der Waals surface area contributed by atoms with Crippen molar-refractivity contribution in [2.45, 2.75) is 23.8 Å². The minimum atomic E-state index is -0.0825. The van der Waals surface area contributed by atoms with E-state index >= 15 is 0 Å². The predicted molar refractivity (Wildman–Crippen MR) is 106 cm³/mol. The molecule has 3 aromatic rings. The maximum absolute atomic E-state index is 12.1. The molecule has 6 nitrogen and oxygen atoms in total. The highest BCUT2D eigenvalue weighted by atomic mass is 32.2. The molecule has 1 N–H and O–H groups in total. The molecule has 1 aliphatic rings. The fourth-order valence-electron chi connectivity index (χ4n) is 2.87. The Morgan fingerprint density at radius 1 is 1.33 bits per heavy atom. The van der Waals surface area contributed by atoms with Gasteiger partial charge >= 0.3 is 0 Å². The third-order valence-corrected chi connectivity index (χ3v) is 6.23. The van der Waals surface area contributed by atoms with Crippen molar-refractivity contribution < 1.29 is 9.53 Å². The number of rotatable bonds is 6. The summed E-state index contributed by atoms with van der Waals surface area (Å²) in [5.41, 5.74) is 2.99. The smallest absolute Gasteiger partial charge is 0.230 e. The molecule has 0 bridgehead atoms. The van der Waals surface area contributed by atoms with Crippen LogP contribution >= 0.6 is 23.1 Å². The molecule has 2 aromatic heterocycles. The molecule has 138 valence electrons. The first-order valence-electron chi connectivity index (χ1n) is 8.56. The van der Waals surface area contributed by atoms with Crippen LogP contribution in [0, 0.1) is 6.92 Å². The molecule has 1 aliphatic heterocycles. The average Bonchev–Trinajstić information content (AvgIpc) is 3.30. The summed E-state index contributed by atoms with van der Waals surface area (Å²) in [6.07, 6.45) is 4.11. The van der Waals surface area contributed by atoms with Gasteiger partial charge < -0.3 is 10.1 Å². The van der Waals surface area contributed by atoms with Gasteiger partial charge in [0.05, 0.1) is 17.9 Å². The van der Waals surface area contributed by atoms with Crippen molar-refractivity contribution in [3.05, 3.63) is 53.3 Å². The highest BCUT2D eigenvalue weighted by Gasteiger charge is 2.26. The van der Waals surface area contributed by atoms with Gasteiger partial charge in [-0.25, -0.2) is 15.0 Å². The monoisotopic (exact) mass is 398 g/mol. The Bertz CT molecular complexity index is 946. The second kappa shape index (κ2) is 8.06. The summed E-state index contributed by atoms with van der Waals surface area (Å²) in [6, 6.07) is 7.78. The van der Waals surface area contributed by atoms with Gasteiger partial charge in [0.25, 0.3) is 0 Å². The van der Waals surface area contributed by atoms with Gasteiger partial charge in [0.2, 0.25) is 5.91 Å². The van der Waals surface area contributed by atoms with E-state index in [1.165, 1.54) is 11.8 Å². The Hall–Kier alpha value is -2.45. The molecule has 1 amide bonds. The zero-order chi connectivity index (χ0) is 18.6. The number of amides is 1. The molecule has 27 heavy (non-hydrogen) atoms. The summed E-state index contributed by atoms with van der Waals surface area (Å²) < 4.78 is 7.01. The van der Waals surface area contributed by atoms with Gasteiger partial charge in [-0.1, -0.05) is 23.9 Å². The highest BCUT2D eigenvalue weighted by molar-refractivity contribution is 8.01. The van der Waals surface area contributed by atoms with Gasteiger partial charge in [-0.15, -0.1) is 11.3 Å². The number of thiazole rings is 1.